The fraction of sp³-hybridized carbons (Fsp3) is 0.375. The zero-order valence-electron chi connectivity index (χ0n) is 11.5. The van der Waals surface area contributed by atoms with Gasteiger partial charge in [0, 0.05) is 16.7 Å². The van der Waals surface area contributed by atoms with Crippen LogP contribution < -0.4 is 0 Å². The van der Waals surface area contributed by atoms with E-state index in [1.54, 1.807) is 24.3 Å². The smallest absolute Gasteiger partial charge is 0.228 e. The number of rotatable bonds is 2. The van der Waals surface area contributed by atoms with Gasteiger partial charge in [0.15, 0.2) is 11.5 Å². The van der Waals surface area contributed by atoms with Crippen molar-refractivity contribution in [3.05, 3.63) is 46.7 Å². The lowest BCUT2D eigenvalue weighted by molar-refractivity contribution is 0.0924. The largest absolute Gasteiger partial charge is 0.504 e. The van der Waals surface area contributed by atoms with Gasteiger partial charge in [-0.05, 0) is 18.3 Å². The lowest BCUT2D eigenvalue weighted by Gasteiger charge is -2.21. The molecule has 3 heteroatoms. The molecule has 2 rings (SSSR count). The Bertz CT molecular complexity index is 574. The summed E-state index contributed by atoms with van der Waals surface area (Å²) in [5.41, 5.74) is 0.991. The second-order valence-electron chi connectivity index (χ2n) is 6.09. The van der Waals surface area contributed by atoms with Crippen LogP contribution in [-0.4, -0.2) is 16.7 Å². The molecule has 1 N–H and O–H groups in total. The van der Waals surface area contributed by atoms with E-state index in [9.17, 15) is 14.7 Å². The standard InChI is InChI=1S/C16H18O3/c1-16(2,3)9-8-12-13(17)10-6-4-5-7-11(10)14(18)15(12)19/h4-7,19H,8-9H2,1-3H3. The summed E-state index contributed by atoms with van der Waals surface area (Å²) >= 11 is 0. The van der Waals surface area contributed by atoms with Crippen molar-refractivity contribution < 1.29 is 14.7 Å². The van der Waals surface area contributed by atoms with Crippen molar-refractivity contribution >= 4 is 11.6 Å². The summed E-state index contributed by atoms with van der Waals surface area (Å²) in [7, 11) is 0. The van der Waals surface area contributed by atoms with Crippen LogP contribution in [0.25, 0.3) is 0 Å². The summed E-state index contributed by atoms with van der Waals surface area (Å²) < 4.78 is 0. The molecule has 0 fully saturated rings. The zero-order valence-corrected chi connectivity index (χ0v) is 11.5. The fourth-order valence-electron chi connectivity index (χ4n) is 2.15. The predicted molar refractivity (Wildman–Crippen MR) is 73.4 cm³/mol. The highest BCUT2D eigenvalue weighted by molar-refractivity contribution is 6.25. The van der Waals surface area contributed by atoms with Crippen LogP contribution in [0.5, 0.6) is 0 Å². The second kappa shape index (κ2) is 4.65. The van der Waals surface area contributed by atoms with Gasteiger partial charge in [0.2, 0.25) is 5.78 Å². The summed E-state index contributed by atoms with van der Waals surface area (Å²) in [4.78, 5) is 24.4. The summed E-state index contributed by atoms with van der Waals surface area (Å²) in [6, 6.07) is 6.64. The highest BCUT2D eigenvalue weighted by Gasteiger charge is 2.32. The molecule has 19 heavy (non-hydrogen) atoms. The molecule has 0 aromatic heterocycles. The number of Topliss-reactive ketones (excluding diaryl/α,β-unsaturated/α-hetero) is 2. The van der Waals surface area contributed by atoms with Crippen molar-refractivity contribution in [2.24, 2.45) is 5.41 Å². The highest BCUT2D eigenvalue weighted by atomic mass is 16.3. The lowest BCUT2D eigenvalue weighted by Crippen LogP contribution is -2.22. The number of benzene rings is 1. The summed E-state index contributed by atoms with van der Waals surface area (Å²) in [6.07, 6.45) is 1.17. The number of ketones is 2. The van der Waals surface area contributed by atoms with E-state index in [0.29, 0.717) is 17.5 Å². The van der Waals surface area contributed by atoms with E-state index in [0.717, 1.165) is 6.42 Å². The summed E-state index contributed by atoms with van der Waals surface area (Å²) in [5.74, 6) is -1.05. The molecule has 1 aromatic rings. The molecule has 0 radical (unpaired) electrons. The van der Waals surface area contributed by atoms with Gasteiger partial charge in [-0.15, -0.1) is 0 Å². The van der Waals surface area contributed by atoms with Crippen LogP contribution in [0, 0.1) is 5.41 Å². The van der Waals surface area contributed by atoms with Gasteiger partial charge < -0.3 is 5.11 Å². The van der Waals surface area contributed by atoms with Gasteiger partial charge in [0.25, 0.3) is 0 Å². The summed E-state index contributed by atoms with van der Waals surface area (Å²) in [6.45, 7) is 6.19. The fourth-order valence-corrected chi connectivity index (χ4v) is 2.15. The molecule has 0 heterocycles. The van der Waals surface area contributed by atoms with Crippen LogP contribution >= 0.6 is 0 Å². The van der Waals surface area contributed by atoms with Gasteiger partial charge >= 0.3 is 0 Å². The molecule has 0 bridgehead atoms. The first-order valence-electron chi connectivity index (χ1n) is 6.42. The summed E-state index contributed by atoms with van der Waals surface area (Å²) in [5, 5.41) is 9.96. The van der Waals surface area contributed by atoms with Gasteiger partial charge in [-0.2, -0.15) is 0 Å². The molecular weight excluding hydrogens is 240 g/mol. The molecule has 3 nitrogen and oxygen atoms in total. The van der Waals surface area contributed by atoms with Crippen molar-refractivity contribution in [3.63, 3.8) is 0 Å². The first kappa shape index (κ1) is 13.5. The van der Waals surface area contributed by atoms with E-state index in [1.807, 2.05) is 0 Å². The van der Waals surface area contributed by atoms with Gasteiger partial charge in [-0.1, -0.05) is 45.0 Å². The predicted octanol–water partition coefficient (Wildman–Crippen LogP) is 3.70. The van der Waals surface area contributed by atoms with Crippen molar-refractivity contribution in [1.29, 1.82) is 0 Å². The van der Waals surface area contributed by atoms with Gasteiger partial charge in [0.05, 0.1) is 0 Å². The molecule has 0 saturated heterocycles. The number of fused-ring (bicyclic) bond motifs is 1. The lowest BCUT2D eigenvalue weighted by atomic mass is 9.82. The second-order valence-corrected chi connectivity index (χ2v) is 6.09. The topological polar surface area (TPSA) is 54.4 Å². The molecule has 0 unspecified atom stereocenters. The maximum absolute atomic E-state index is 12.3. The van der Waals surface area contributed by atoms with Crippen molar-refractivity contribution in [1.82, 2.24) is 0 Å². The highest BCUT2D eigenvalue weighted by Crippen LogP contribution is 2.31. The molecule has 0 spiro atoms. The molecule has 100 valence electrons. The van der Waals surface area contributed by atoms with Crippen LogP contribution in [0.4, 0.5) is 0 Å². The van der Waals surface area contributed by atoms with E-state index in [1.165, 1.54) is 0 Å². The molecule has 1 aromatic carbocycles. The Labute approximate surface area is 113 Å². The average molecular weight is 258 g/mol. The van der Waals surface area contributed by atoms with E-state index in [-0.39, 0.29) is 22.5 Å². The molecule has 0 atom stereocenters. The number of hydrogen-bond donors (Lipinski definition) is 1. The monoisotopic (exact) mass is 258 g/mol. The van der Waals surface area contributed by atoms with Crippen LogP contribution in [0.1, 0.15) is 54.3 Å². The molecule has 0 amide bonds. The van der Waals surface area contributed by atoms with E-state index >= 15 is 0 Å². The molecule has 0 saturated carbocycles. The Hall–Kier alpha value is -1.90. The van der Waals surface area contributed by atoms with Crippen molar-refractivity contribution in [2.45, 2.75) is 33.6 Å². The normalized spacial score (nSPS) is 15.7. The number of aliphatic hydroxyl groups is 1. The third kappa shape index (κ3) is 2.60. The first-order valence-corrected chi connectivity index (χ1v) is 6.42. The third-order valence-corrected chi connectivity index (χ3v) is 3.32. The van der Waals surface area contributed by atoms with Gasteiger partial charge in [0.1, 0.15) is 0 Å². The minimum absolute atomic E-state index is 0.0492. The van der Waals surface area contributed by atoms with Crippen LogP contribution in [-0.2, 0) is 0 Å². The van der Waals surface area contributed by atoms with Crippen LogP contribution in [0.15, 0.2) is 35.6 Å². The van der Waals surface area contributed by atoms with Crippen molar-refractivity contribution in [2.75, 3.05) is 0 Å². The minimum atomic E-state index is -0.445. The minimum Gasteiger partial charge on any atom is -0.504 e. The van der Waals surface area contributed by atoms with Gasteiger partial charge in [-0.25, -0.2) is 0 Å². The van der Waals surface area contributed by atoms with Crippen LogP contribution in [0.2, 0.25) is 0 Å². The molecule has 1 aliphatic rings. The maximum Gasteiger partial charge on any atom is 0.228 e. The Morgan fingerprint density at radius 2 is 1.53 bits per heavy atom. The van der Waals surface area contributed by atoms with E-state index in [2.05, 4.69) is 20.8 Å². The Balaban J connectivity index is 2.38. The number of carbonyl (C=O) groups excluding carboxylic acids is 2. The van der Waals surface area contributed by atoms with Gasteiger partial charge in [-0.3, -0.25) is 9.59 Å². The third-order valence-electron chi connectivity index (χ3n) is 3.32. The molecule has 1 aliphatic carbocycles. The number of carbonyl (C=O) groups is 2. The Kier molecular flexibility index (Phi) is 3.31. The number of hydrogen-bond acceptors (Lipinski definition) is 3. The quantitative estimate of drug-likeness (QED) is 0.879. The zero-order chi connectivity index (χ0) is 14.2. The average Bonchev–Trinajstić information content (AvgIpc) is 2.35. The Morgan fingerprint density at radius 3 is 2.05 bits per heavy atom. The molecule has 0 aliphatic heterocycles. The molecular formula is C16H18O3. The van der Waals surface area contributed by atoms with Crippen LogP contribution in [0.3, 0.4) is 0 Å². The number of aliphatic hydroxyl groups excluding tert-OH is 1. The Morgan fingerprint density at radius 1 is 1.00 bits per heavy atom. The van der Waals surface area contributed by atoms with E-state index in [4.69, 9.17) is 0 Å². The first-order chi connectivity index (χ1) is 8.81. The van der Waals surface area contributed by atoms with E-state index < -0.39 is 5.78 Å². The number of allylic oxidation sites excluding steroid dienone is 2. The van der Waals surface area contributed by atoms with Crippen molar-refractivity contribution in [3.8, 4) is 0 Å². The SMILES string of the molecule is CC(C)(C)CCC1=C(O)C(=O)c2ccccc2C1=O. The maximum atomic E-state index is 12.3.